The number of hydrogen-bond donors (Lipinski definition) is 0. The van der Waals surface area contributed by atoms with Gasteiger partial charge in [0.25, 0.3) is 6.19 Å². The second kappa shape index (κ2) is 4.07. The summed E-state index contributed by atoms with van der Waals surface area (Å²) in [5, 5.41) is 22.0. The molecule has 1 aromatic rings. The molecule has 1 aromatic carbocycles. The van der Waals surface area contributed by atoms with Crippen molar-refractivity contribution in [3.05, 3.63) is 29.5 Å². The molecule has 66 valence electrons. The maximum absolute atomic E-state index is 10.9. The van der Waals surface area contributed by atoms with E-state index in [-0.39, 0.29) is 4.86 Å². The molecule has 0 saturated heterocycles. The summed E-state index contributed by atoms with van der Waals surface area (Å²) >= 11 is 0. The number of ether oxygens (including phenoxy) is 1. The monoisotopic (exact) mass is 177 g/mol. The van der Waals surface area contributed by atoms with E-state index in [2.05, 4.69) is 5.11 Å². The van der Waals surface area contributed by atoms with Gasteiger partial charge in [-0.3, -0.25) is 0 Å². The SMILES string of the molecule is COc1ccc([N+]([O-])=NC#N)cc1. The highest BCUT2D eigenvalue weighted by Gasteiger charge is 2.02. The van der Waals surface area contributed by atoms with Gasteiger partial charge in [-0.1, -0.05) is 0 Å². The summed E-state index contributed by atoms with van der Waals surface area (Å²) in [7, 11) is 1.53. The minimum atomic E-state index is 0.249. The Morgan fingerprint density at radius 2 is 2.08 bits per heavy atom. The third-order valence-electron chi connectivity index (χ3n) is 1.43. The second-order valence-corrected chi connectivity index (χ2v) is 2.17. The molecule has 0 N–H and O–H groups in total. The summed E-state index contributed by atoms with van der Waals surface area (Å²) in [5.74, 6) is 0.647. The fraction of sp³-hybridized carbons (Fsp3) is 0.125. The van der Waals surface area contributed by atoms with Crippen LogP contribution in [-0.2, 0) is 0 Å². The van der Waals surface area contributed by atoms with Crippen LogP contribution in [0.4, 0.5) is 5.69 Å². The molecule has 13 heavy (non-hydrogen) atoms. The number of hydrogen-bond acceptors (Lipinski definition) is 4. The maximum Gasteiger partial charge on any atom is 0.274 e. The number of methoxy groups -OCH3 is 1. The predicted octanol–water partition coefficient (Wildman–Crippen LogP) is 1.77. The first-order valence-electron chi connectivity index (χ1n) is 3.49. The Morgan fingerprint density at radius 3 is 2.54 bits per heavy atom. The fourth-order valence-electron chi connectivity index (χ4n) is 0.808. The van der Waals surface area contributed by atoms with E-state index in [0.29, 0.717) is 11.4 Å². The summed E-state index contributed by atoms with van der Waals surface area (Å²) < 4.78 is 4.89. The largest absolute Gasteiger partial charge is 0.593 e. The van der Waals surface area contributed by atoms with Crippen LogP contribution in [0.2, 0.25) is 0 Å². The van der Waals surface area contributed by atoms with E-state index < -0.39 is 0 Å². The highest BCUT2D eigenvalue weighted by atomic mass is 16.5. The van der Waals surface area contributed by atoms with Gasteiger partial charge in [0.05, 0.1) is 12.2 Å². The number of nitriles is 1. The Labute approximate surface area is 75.1 Å². The van der Waals surface area contributed by atoms with Crippen molar-refractivity contribution in [1.82, 2.24) is 0 Å². The van der Waals surface area contributed by atoms with Crippen LogP contribution in [0, 0.1) is 16.7 Å². The molecule has 0 saturated carbocycles. The molecule has 0 aromatic heterocycles. The van der Waals surface area contributed by atoms with Crippen molar-refractivity contribution >= 4 is 5.69 Å². The van der Waals surface area contributed by atoms with Crippen molar-refractivity contribution in [1.29, 1.82) is 5.26 Å². The lowest BCUT2D eigenvalue weighted by Crippen LogP contribution is -1.90. The van der Waals surface area contributed by atoms with Crippen molar-refractivity contribution in [2.75, 3.05) is 7.11 Å². The van der Waals surface area contributed by atoms with E-state index in [9.17, 15) is 5.21 Å². The molecule has 0 heterocycles. The molecule has 0 aliphatic rings. The second-order valence-electron chi connectivity index (χ2n) is 2.17. The molecule has 0 bridgehead atoms. The minimum Gasteiger partial charge on any atom is -0.593 e. The van der Waals surface area contributed by atoms with Gasteiger partial charge >= 0.3 is 0 Å². The lowest BCUT2D eigenvalue weighted by molar-refractivity contribution is -0.435. The lowest BCUT2D eigenvalue weighted by atomic mass is 10.3. The first kappa shape index (κ1) is 9.00. The van der Waals surface area contributed by atoms with Gasteiger partial charge in [-0.2, -0.15) is 5.26 Å². The Bertz CT molecular complexity index is 351. The summed E-state index contributed by atoms with van der Waals surface area (Å²) in [6.07, 6.45) is 1.40. The minimum absolute atomic E-state index is 0.249. The Kier molecular flexibility index (Phi) is 2.82. The molecule has 0 amide bonds. The molecule has 0 radical (unpaired) electrons. The predicted molar refractivity (Wildman–Crippen MR) is 44.3 cm³/mol. The summed E-state index contributed by atoms with van der Waals surface area (Å²) in [6.45, 7) is 0. The van der Waals surface area contributed by atoms with Gasteiger partial charge in [0.15, 0.2) is 0 Å². The maximum atomic E-state index is 10.9. The molecule has 0 fully saturated rings. The van der Waals surface area contributed by atoms with Gasteiger partial charge in [-0.25, -0.2) is 0 Å². The van der Waals surface area contributed by atoms with E-state index in [1.807, 2.05) is 0 Å². The first-order chi connectivity index (χ1) is 6.27. The molecular formula is C8H7N3O2. The first-order valence-corrected chi connectivity index (χ1v) is 3.49. The molecule has 0 aliphatic carbocycles. The Balaban J connectivity index is 2.94. The summed E-state index contributed by atoms with van der Waals surface area (Å²) in [6, 6.07) is 6.28. The van der Waals surface area contributed by atoms with Crippen LogP contribution < -0.4 is 4.74 Å². The number of benzene rings is 1. The van der Waals surface area contributed by atoms with Crippen LogP contribution >= 0.6 is 0 Å². The summed E-state index contributed by atoms with van der Waals surface area (Å²) in [4.78, 5) is 0.249. The quantitative estimate of drug-likeness (QED) is 0.299. The van der Waals surface area contributed by atoms with Crippen molar-refractivity contribution in [2.24, 2.45) is 5.11 Å². The Morgan fingerprint density at radius 1 is 1.46 bits per heavy atom. The standard InChI is InChI=1S/C8H7N3O2/c1-13-8-4-2-7(3-5-8)11(12)10-6-9/h2-5H,1H3. The highest BCUT2D eigenvalue weighted by Crippen LogP contribution is 2.16. The molecular weight excluding hydrogens is 170 g/mol. The van der Waals surface area contributed by atoms with Crippen molar-refractivity contribution in [3.8, 4) is 11.9 Å². The molecule has 0 atom stereocenters. The van der Waals surface area contributed by atoms with Gasteiger partial charge in [0, 0.05) is 12.1 Å². The van der Waals surface area contributed by atoms with E-state index in [1.54, 1.807) is 12.1 Å². The van der Waals surface area contributed by atoms with E-state index in [0.717, 1.165) is 0 Å². The normalized spacial score (nSPS) is 10.6. The van der Waals surface area contributed by atoms with E-state index in [4.69, 9.17) is 10.00 Å². The van der Waals surface area contributed by atoms with Crippen molar-refractivity contribution in [3.63, 3.8) is 0 Å². The molecule has 0 spiro atoms. The Hall–Kier alpha value is -2.09. The van der Waals surface area contributed by atoms with Crippen LogP contribution in [0.3, 0.4) is 0 Å². The zero-order chi connectivity index (χ0) is 9.68. The third kappa shape index (κ3) is 2.17. The van der Waals surface area contributed by atoms with Gasteiger partial charge in [0.1, 0.15) is 5.75 Å². The van der Waals surface area contributed by atoms with Crippen LogP contribution in [0.5, 0.6) is 5.75 Å². The van der Waals surface area contributed by atoms with Crippen LogP contribution in [-0.4, -0.2) is 12.0 Å². The third-order valence-corrected chi connectivity index (χ3v) is 1.43. The van der Waals surface area contributed by atoms with Crippen LogP contribution in [0.25, 0.3) is 0 Å². The van der Waals surface area contributed by atoms with Gasteiger partial charge < -0.3 is 9.94 Å². The molecule has 0 aliphatic heterocycles. The molecule has 5 nitrogen and oxygen atoms in total. The van der Waals surface area contributed by atoms with Crippen molar-refractivity contribution < 1.29 is 9.60 Å². The zero-order valence-corrected chi connectivity index (χ0v) is 6.97. The van der Waals surface area contributed by atoms with E-state index >= 15 is 0 Å². The number of nitrogens with zero attached hydrogens (tertiary/aromatic N) is 3. The topological polar surface area (TPSA) is 71.4 Å². The van der Waals surface area contributed by atoms with Crippen LogP contribution in [0.15, 0.2) is 29.4 Å². The van der Waals surface area contributed by atoms with Gasteiger partial charge in [0.2, 0.25) is 5.69 Å². The molecule has 1 rings (SSSR count). The fourth-order valence-corrected chi connectivity index (χ4v) is 0.808. The smallest absolute Gasteiger partial charge is 0.274 e. The van der Waals surface area contributed by atoms with Gasteiger partial charge in [-0.15, -0.1) is 0 Å². The molecule has 5 heteroatoms. The molecule has 0 unspecified atom stereocenters. The average molecular weight is 177 g/mol. The average Bonchev–Trinajstić information content (AvgIpc) is 2.18. The highest BCUT2D eigenvalue weighted by molar-refractivity contribution is 5.35. The van der Waals surface area contributed by atoms with Crippen molar-refractivity contribution in [2.45, 2.75) is 0 Å². The number of azo groups is 1. The summed E-state index contributed by atoms with van der Waals surface area (Å²) in [5.41, 5.74) is 0.294. The zero-order valence-electron chi connectivity index (χ0n) is 6.97. The number of rotatable bonds is 2. The van der Waals surface area contributed by atoms with E-state index in [1.165, 1.54) is 25.4 Å². The van der Waals surface area contributed by atoms with Crippen LogP contribution in [0.1, 0.15) is 0 Å². The van der Waals surface area contributed by atoms with Gasteiger partial charge in [-0.05, 0) is 17.0 Å². The lowest BCUT2D eigenvalue weighted by Gasteiger charge is -1.99.